The maximum atomic E-state index is 9.61. The predicted molar refractivity (Wildman–Crippen MR) is 56.2 cm³/mol. The lowest BCUT2D eigenvalue weighted by molar-refractivity contribution is 0.182. The number of aliphatic hydroxyl groups excluding tert-OH is 1. The molecule has 1 aromatic rings. The fourth-order valence-corrected chi connectivity index (χ4v) is 1.48. The molecule has 3 heteroatoms. The van der Waals surface area contributed by atoms with E-state index >= 15 is 0 Å². The molecule has 1 atom stereocenters. The van der Waals surface area contributed by atoms with Gasteiger partial charge in [-0.3, -0.25) is 0 Å². The van der Waals surface area contributed by atoms with Crippen molar-refractivity contribution in [2.45, 2.75) is 12.5 Å². The second-order valence-corrected chi connectivity index (χ2v) is 3.55. The molecule has 1 rings (SSSR count). The molecule has 0 heterocycles. The van der Waals surface area contributed by atoms with E-state index in [1.165, 1.54) is 0 Å². The maximum Gasteiger partial charge on any atom is 0.0839 e. The van der Waals surface area contributed by atoms with Gasteiger partial charge in [-0.1, -0.05) is 29.3 Å². The Balaban J connectivity index is 2.97. The molecule has 1 nitrogen and oxygen atoms in total. The lowest BCUT2D eigenvalue weighted by Crippen LogP contribution is -1.96. The van der Waals surface area contributed by atoms with Gasteiger partial charge in [0.15, 0.2) is 0 Å². The van der Waals surface area contributed by atoms with Crippen LogP contribution in [0.4, 0.5) is 0 Å². The fraction of sp³-hybridized carbons (Fsp3) is 0.200. The first-order valence-electron chi connectivity index (χ1n) is 3.89. The van der Waals surface area contributed by atoms with Gasteiger partial charge >= 0.3 is 0 Å². The van der Waals surface area contributed by atoms with Crippen molar-refractivity contribution < 1.29 is 5.11 Å². The highest BCUT2D eigenvalue weighted by Gasteiger charge is 2.09. The number of rotatable bonds is 3. The van der Waals surface area contributed by atoms with E-state index in [9.17, 15) is 5.11 Å². The fourth-order valence-electron chi connectivity index (χ4n) is 1.05. The molecular weight excluding hydrogens is 207 g/mol. The van der Waals surface area contributed by atoms with Crippen LogP contribution in [0, 0.1) is 0 Å². The van der Waals surface area contributed by atoms with E-state index in [0.29, 0.717) is 22.0 Å². The Bertz CT molecular complexity index is 310. The average molecular weight is 217 g/mol. The van der Waals surface area contributed by atoms with Gasteiger partial charge in [-0.25, -0.2) is 0 Å². The van der Waals surface area contributed by atoms with Gasteiger partial charge in [0.25, 0.3) is 0 Å². The number of halogens is 2. The van der Waals surface area contributed by atoms with Crippen molar-refractivity contribution >= 4 is 23.2 Å². The van der Waals surface area contributed by atoms with E-state index in [0.717, 1.165) is 0 Å². The third-order valence-electron chi connectivity index (χ3n) is 1.71. The van der Waals surface area contributed by atoms with Crippen LogP contribution in [-0.4, -0.2) is 5.11 Å². The summed E-state index contributed by atoms with van der Waals surface area (Å²) < 4.78 is 0. The van der Waals surface area contributed by atoms with Crippen LogP contribution in [0.3, 0.4) is 0 Å². The highest BCUT2D eigenvalue weighted by Crippen LogP contribution is 2.28. The highest BCUT2D eigenvalue weighted by molar-refractivity contribution is 6.33. The van der Waals surface area contributed by atoms with E-state index in [1.807, 2.05) is 0 Å². The molecule has 0 aliphatic carbocycles. The van der Waals surface area contributed by atoms with Gasteiger partial charge in [0.1, 0.15) is 0 Å². The molecule has 13 heavy (non-hydrogen) atoms. The van der Waals surface area contributed by atoms with E-state index in [1.54, 1.807) is 24.3 Å². The van der Waals surface area contributed by atoms with Crippen LogP contribution in [0.25, 0.3) is 0 Å². The van der Waals surface area contributed by atoms with Gasteiger partial charge in [-0.15, -0.1) is 6.58 Å². The first-order chi connectivity index (χ1) is 6.15. The zero-order chi connectivity index (χ0) is 9.84. The average Bonchev–Trinajstić information content (AvgIpc) is 2.09. The Morgan fingerprint density at radius 3 is 2.77 bits per heavy atom. The molecule has 1 N–H and O–H groups in total. The van der Waals surface area contributed by atoms with E-state index in [-0.39, 0.29) is 0 Å². The Kier molecular flexibility index (Phi) is 3.79. The third kappa shape index (κ3) is 2.73. The molecule has 70 valence electrons. The minimum atomic E-state index is -0.622. The van der Waals surface area contributed by atoms with Gasteiger partial charge < -0.3 is 5.11 Å². The lowest BCUT2D eigenvalue weighted by Gasteiger charge is -2.10. The van der Waals surface area contributed by atoms with Crippen molar-refractivity contribution in [1.29, 1.82) is 0 Å². The van der Waals surface area contributed by atoms with E-state index < -0.39 is 6.10 Å². The van der Waals surface area contributed by atoms with E-state index in [4.69, 9.17) is 23.2 Å². The van der Waals surface area contributed by atoms with Gasteiger partial charge in [-0.05, 0) is 24.6 Å². The van der Waals surface area contributed by atoms with Crippen molar-refractivity contribution in [2.24, 2.45) is 0 Å². The Morgan fingerprint density at radius 1 is 1.46 bits per heavy atom. The predicted octanol–water partition coefficient (Wildman–Crippen LogP) is 3.60. The summed E-state index contributed by atoms with van der Waals surface area (Å²) in [5.41, 5.74) is 0.647. The maximum absolute atomic E-state index is 9.61. The molecule has 0 fully saturated rings. The summed E-state index contributed by atoms with van der Waals surface area (Å²) in [5.74, 6) is 0. The molecule has 0 aliphatic heterocycles. The molecule has 0 aromatic heterocycles. The molecule has 0 aliphatic rings. The molecule has 0 bridgehead atoms. The molecule has 0 radical (unpaired) electrons. The summed E-state index contributed by atoms with van der Waals surface area (Å²) in [6.45, 7) is 3.54. The number of benzene rings is 1. The number of hydrogen-bond donors (Lipinski definition) is 1. The first-order valence-corrected chi connectivity index (χ1v) is 4.64. The third-order valence-corrected chi connectivity index (χ3v) is 2.29. The molecule has 0 amide bonds. The van der Waals surface area contributed by atoms with Crippen molar-refractivity contribution in [2.75, 3.05) is 0 Å². The second kappa shape index (κ2) is 4.66. The van der Waals surface area contributed by atoms with Crippen LogP contribution in [0.15, 0.2) is 30.9 Å². The Labute approximate surface area is 87.6 Å². The summed E-state index contributed by atoms with van der Waals surface area (Å²) in [4.78, 5) is 0. The molecule has 0 spiro atoms. The molecule has 1 aromatic carbocycles. The quantitative estimate of drug-likeness (QED) is 0.767. The van der Waals surface area contributed by atoms with Gasteiger partial charge in [0.05, 0.1) is 6.10 Å². The summed E-state index contributed by atoms with van der Waals surface area (Å²) in [7, 11) is 0. The molecular formula is C10H10Cl2O. The minimum Gasteiger partial charge on any atom is -0.388 e. The molecule has 1 unspecified atom stereocenters. The van der Waals surface area contributed by atoms with Gasteiger partial charge in [0.2, 0.25) is 0 Å². The number of aliphatic hydroxyl groups is 1. The van der Waals surface area contributed by atoms with Crippen molar-refractivity contribution in [3.05, 3.63) is 46.5 Å². The van der Waals surface area contributed by atoms with Crippen LogP contribution >= 0.6 is 23.2 Å². The monoisotopic (exact) mass is 216 g/mol. The summed E-state index contributed by atoms with van der Waals surface area (Å²) in [5, 5.41) is 10.7. The minimum absolute atomic E-state index is 0.472. The standard InChI is InChI=1S/C10H10Cl2O/c1-2-3-10(13)8-6-7(11)4-5-9(8)12/h2,4-6,10,13H,1,3H2. The zero-order valence-electron chi connectivity index (χ0n) is 7.00. The largest absolute Gasteiger partial charge is 0.388 e. The zero-order valence-corrected chi connectivity index (χ0v) is 8.52. The van der Waals surface area contributed by atoms with Crippen molar-refractivity contribution in [3.8, 4) is 0 Å². The van der Waals surface area contributed by atoms with Gasteiger partial charge in [-0.2, -0.15) is 0 Å². The molecule has 0 saturated heterocycles. The van der Waals surface area contributed by atoms with E-state index in [2.05, 4.69) is 6.58 Å². The SMILES string of the molecule is C=CCC(O)c1cc(Cl)ccc1Cl. The Hall–Kier alpha value is -0.500. The Morgan fingerprint density at radius 2 is 2.15 bits per heavy atom. The second-order valence-electron chi connectivity index (χ2n) is 2.71. The normalized spacial score (nSPS) is 12.5. The van der Waals surface area contributed by atoms with Crippen LogP contribution in [0.2, 0.25) is 10.0 Å². The van der Waals surface area contributed by atoms with Gasteiger partial charge in [0, 0.05) is 15.6 Å². The summed E-state index contributed by atoms with van der Waals surface area (Å²) in [6.07, 6.45) is 1.49. The topological polar surface area (TPSA) is 20.2 Å². The number of hydrogen-bond acceptors (Lipinski definition) is 1. The van der Waals surface area contributed by atoms with Crippen LogP contribution < -0.4 is 0 Å². The van der Waals surface area contributed by atoms with Crippen molar-refractivity contribution in [3.63, 3.8) is 0 Å². The lowest BCUT2D eigenvalue weighted by atomic mass is 10.1. The summed E-state index contributed by atoms with van der Waals surface area (Å²) >= 11 is 11.6. The van der Waals surface area contributed by atoms with Crippen LogP contribution in [0.5, 0.6) is 0 Å². The van der Waals surface area contributed by atoms with Crippen LogP contribution in [-0.2, 0) is 0 Å². The molecule has 0 saturated carbocycles. The first kappa shape index (κ1) is 10.6. The highest BCUT2D eigenvalue weighted by atomic mass is 35.5. The van der Waals surface area contributed by atoms with Crippen molar-refractivity contribution in [1.82, 2.24) is 0 Å². The summed E-state index contributed by atoms with van der Waals surface area (Å²) in [6, 6.07) is 5.03. The smallest absolute Gasteiger partial charge is 0.0839 e. The van der Waals surface area contributed by atoms with Crippen LogP contribution in [0.1, 0.15) is 18.1 Å².